The Morgan fingerprint density at radius 3 is 2.42 bits per heavy atom. The summed E-state index contributed by atoms with van der Waals surface area (Å²) in [5, 5.41) is 14.6. The molecule has 0 spiro atoms. The van der Waals surface area contributed by atoms with E-state index in [1.54, 1.807) is 41.3 Å². The molecule has 0 unspecified atom stereocenters. The predicted octanol–water partition coefficient (Wildman–Crippen LogP) is 5.11. The molecular weight excluding hydrogens is 589 g/mol. The van der Waals surface area contributed by atoms with Gasteiger partial charge in [0.05, 0.1) is 6.04 Å². The van der Waals surface area contributed by atoms with Crippen molar-refractivity contribution in [2.45, 2.75) is 32.1 Å². The minimum atomic E-state index is -2.90. The minimum absolute atomic E-state index is 0.155. The highest BCUT2D eigenvalue weighted by atomic mass is 19.3. The number of aromatic nitrogens is 5. The van der Waals surface area contributed by atoms with Crippen LogP contribution in [0.15, 0.2) is 77.3 Å². The lowest BCUT2D eigenvalue weighted by molar-refractivity contribution is -0.125. The maximum atomic E-state index is 14.0. The Balaban J connectivity index is 1.16. The molecule has 2 aromatic carbocycles. The Bertz CT molecular complexity index is 1830. The van der Waals surface area contributed by atoms with Gasteiger partial charge in [-0.25, -0.2) is 4.39 Å². The van der Waals surface area contributed by atoms with Gasteiger partial charge in [0, 0.05) is 49.0 Å². The molecule has 45 heavy (non-hydrogen) atoms. The van der Waals surface area contributed by atoms with Gasteiger partial charge in [-0.15, -0.1) is 10.2 Å². The molecule has 1 N–H and O–H groups in total. The Morgan fingerprint density at radius 1 is 0.978 bits per heavy atom. The van der Waals surface area contributed by atoms with Gasteiger partial charge >= 0.3 is 6.55 Å². The van der Waals surface area contributed by atoms with Gasteiger partial charge in [0.1, 0.15) is 17.0 Å². The Morgan fingerprint density at radius 2 is 1.73 bits per heavy atom. The first kappa shape index (κ1) is 29.9. The van der Waals surface area contributed by atoms with Crippen molar-refractivity contribution in [3.8, 4) is 11.3 Å². The molecule has 0 saturated carbocycles. The van der Waals surface area contributed by atoms with E-state index in [4.69, 9.17) is 4.42 Å². The van der Waals surface area contributed by atoms with Crippen molar-refractivity contribution < 1.29 is 27.2 Å². The van der Waals surface area contributed by atoms with Gasteiger partial charge in [-0.1, -0.05) is 35.1 Å². The first-order valence-corrected chi connectivity index (χ1v) is 14.2. The lowest BCUT2D eigenvalue weighted by Gasteiger charge is -2.38. The van der Waals surface area contributed by atoms with Crippen LogP contribution >= 0.6 is 0 Å². The number of tetrazole rings is 1. The molecule has 1 fully saturated rings. The summed E-state index contributed by atoms with van der Waals surface area (Å²) in [6.45, 7) is 1.08. The standard InChI is InChI=1S/C31H29F3N8O3/c1-31(2,34)29(44)36-22-8-9-24-21(16-22)18-25(45-24)20-10-11-35-23(17-20)28(43)41-14-12-40(13-15-41)26(19-6-4-3-5-7-19)27-37-39-42(38-27)30(32)33/h3-11,16-18,26,30H,12-15H2,1-2H3,(H,36,44)/t26-/m1/s1. The number of hydrogen-bond donors (Lipinski definition) is 1. The summed E-state index contributed by atoms with van der Waals surface area (Å²) >= 11 is 0. The number of amides is 2. The highest BCUT2D eigenvalue weighted by Crippen LogP contribution is 2.31. The van der Waals surface area contributed by atoms with Crippen LogP contribution in [0, 0.1) is 0 Å². The van der Waals surface area contributed by atoms with Crippen molar-refractivity contribution >= 4 is 28.5 Å². The third-order valence-corrected chi connectivity index (χ3v) is 7.52. The quantitative estimate of drug-likeness (QED) is 0.255. The zero-order valence-electron chi connectivity index (χ0n) is 24.4. The van der Waals surface area contributed by atoms with E-state index in [9.17, 15) is 22.8 Å². The summed E-state index contributed by atoms with van der Waals surface area (Å²) in [4.78, 5) is 33.9. The molecule has 1 saturated heterocycles. The zero-order chi connectivity index (χ0) is 31.7. The van der Waals surface area contributed by atoms with Gasteiger partial charge in [-0.2, -0.15) is 8.78 Å². The molecule has 6 rings (SSSR count). The summed E-state index contributed by atoms with van der Waals surface area (Å²) in [7, 11) is 0. The molecule has 4 heterocycles. The van der Waals surface area contributed by atoms with Crippen molar-refractivity contribution in [2.75, 3.05) is 31.5 Å². The Labute approximate surface area is 255 Å². The van der Waals surface area contributed by atoms with E-state index in [2.05, 4.69) is 25.7 Å². The number of piperazine rings is 1. The van der Waals surface area contributed by atoms with E-state index < -0.39 is 24.2 Å². The largest absolute Gasteiger partial charge is 0.456 e. The summed E-state index contributed by atoms with van der Waals surface area (Å²) in [6, 6.07) is 18.9. The lowest BCUT2D eigenvalue weighted by Crippen LogP contribution is -2.50. The number of alkyl halides is 3. The number of benzene rings is 2. The summed E-state index contributed by atoms with van der Waals surface area (Å²) in [6.07, 6.45) is 1.53. The van der Waals surface area contributed by atoms with E-state index >= 15 is 0 Å². The van der Waals surface area contributed by atoms with E-state index in [1.807, 2.05) is 35.2 Å². The molecule has 0 bridgehead atoms. The highest BCUT2D eigenvalue weighted by molar-refractivity contribution is 5.98. The number of anilines is 1. The van der Waals surface area contributed by atoms with Crippen LogP contribution in [0.5, 0.6) is 0 Å². The molecule has 0 aliphatic carbocycles. The molecule has 11 nitrogen and oxygen atoms in total. The Hall–Kier alpha value is -5.11. The number of carbonyl (C=O) groups is 2. The van der Waals surface area contributed by atoms with Gasteiger partial charge in [0.15, 0.2) is 11.5 Å². The molecule has 3 aromatic heterocycles. The van der Waals surface area contributed by atoms with E-state index in [-0.39, 0.29) is 22.2 Å². The number of carbonyl (C=O) groups excluding carboxylic acids is 2. The number of nitrogens with one attached hydrogen (secondary N) is 1. The molecular formula is C31H29F3N8O3. The van der Waals surface area contributed by atoms with Gasteiger partial charge in [-0.3, -0.25) is 19.5 Å². The molecule has 14 heteroatoms. The average molecular weight is 619 g/mol. The van der Waals surface area contributed by atoms with Crippen LogP contribution in [0.3, 0.4) is 0 Å². The summed E-state index contributed by atoms with van der Waals surface area (Å²) < 4.78 is 46.3. The van der Waals surface area contributed by atoms with Crippen LogP contribution in [-0.2, 0) is 4.79 Å². The molecule has 2 amide bonds. The SMILES string of the molecule is CC(C)(F)C(=O)Nc1ccc2oc(-c3ccnc(C(=O)N4CCN([C@H](c5ccccc5)c5nnn(C(F)F)n5)CC4)c3)cc2c1. The predicted molar refractivity (Wildman–Crippen MR) is 158 cm³/mol. The topological polar surface area (TPSA) is 122 Å². The van der Waals surface area contributed by atoms with Crippen LogP contribution in [0.4, 0.5) is 18.9 Å². The van der Waals surface area contributed by atoms with Crippen molar-refractivity contribution in [2.24, 2.45) is 0 Å². The zero-order valence-corrected chi connectivity index (χ0v) is 24.4. The second kappa shape index (κ2) is 12.1. The minimum Gasteiger partial charge on any atom is -0.456 e. The van der Waals surface area contributed by atoms with Crippen molar-refractivity contribution in [3.05, 3.63) is 90.0 Å². The normalized spacial score (nSPS) is 15.0. The number of furan rings is 1. The fourth-order valence-electron chi connectivity index (χ4n) is 5.18. The first-order chi connectivity index (χ1) is 21.6. The molecule has 1 aliphatic heterocycles. The molecule has 1 atom stereocenters. The van der Waals surface area contributed by atoms with Crippen LogP contribution < -0.4 is 5.32 Å². The summed E-state index contributed by atoms with van der Waals surface area (Å²) in [5.41, 5.74) is 0.657. The third-order valence-electron chi connectivity index (χ3n) is 7.52. The van der Waals surface area contributed by atoms with Gasteiger partial charge in [-0.05, 0) is 61.0 Å². The van der Waals surface area contributed by atoms with Crippen LogP contribution in [0.25, 0.3) is 22.3 Å². The first-order valence-electron chi connectivity index (χ1n) is 14.2. The molecule has 5 aromatic rings. The Kier molecular flexibility index (Phi) is 8.06. The van der Waals surface area contributed by atoms with E-state index in [0.29, 0.717) is 54.2 Å². The third kappa shape index (κ3) is 6.41. The fourth-order valence-corrected chi connectivity index (χ4v) is 5.18. The van der Waals surface area contributed by atoms with Gasteiger partial charge < -0.3 is 14.6 Å². The lowest BCUT2D eigenvalue weighted by atomic mass is 10.0. The second-order valence-corrected chi connectivity index (χ2v) is 11.1. The van der Waals surface area contributed by atoms with Gasteiger partial charge in [0.25, 0.3) is 11.8 Å². The van der Waals surface area contributed by atoms with Gasteiger partial charge in [0.2, 0.25) is 0 Å². The van der Waals surface area contributed by atoms with E-state index in [0.717, 1.165) is 5.56 Å². The number of fused-ring (bicyclic) bond motifs is 1. The average Bonchev–Trinajstić information content (AvgIpc) is 3.69. The highest BCUT2D eigenvalue weighted by Gasteiger charge is 2.32. The van der Waals surface area contributed by atoms with Crippen LogP contribution in [-0.4, -0.2) is 78.7 Å². The maximum absolute atomic E-state index is 14.0. The van der Waals surface area contributed by atoms with Crippen molar-refractivity contribution in [1.82, 2.24) is 35.0 Å². The molecule has 0 radical (unpaired) electrons. The second-order valence-electron chi connectivity index (χ2n) is 11.1. The molecule has 232 valence electrons. The number of halogens is 3. The van der Waals surface area contributed by atoms with Crippen LogP contribution in [0.1, 0.15) is 48.3 Å². The van der Waals surface area contributed by atoms with E-state index in [1.165, 1.54) is 20.0 Å². The van der Waals surface area contributed by atoms with Crippen LogP contribution in [0.2, 0.25) is 0 Å². The van der Waals surface area contributed by atoms with Crippen molar-refractivity contribution in [1.29, 1.82) is 0 Å². The number of nitrogens with zero attached hydrogens (tertiary/aromatic N) is 7. The number of pyridine rings is 1. The summed E-state index contributed by atoms with van der Waals surface area (Å²) in [5.74, 6) is -0.363. The number of rotatable bonds is 8. The maximum Gasteiger partial charge on any atom is 0.350 e. The number of hydrogen-bond acceptors (Lipinski definition) is 8. The fraction of sp³-hybridized carbons (Fsp3) is 0.290. The van der Waals surface area contributed by atoms with Crippen molar-refractivity contribution in [3.63, 3.8) is 0 Å². The monoisotopic (exact) mass is 618 g/mol. The smallest absolute Gasteiger partial charge is 0.350 e. The molecule has 1 aliphatic rings.